The van der Waals surface area contributed by atoms with E-state index in [1.807, 2.05) is 16.4 Å². The van der Waals surface area contributed by atoms with E-state index in [0.717, 1.165) is 24.6 Å². The Morgan fingerprint density at radius 3 is 3.00 bits per heavy atom. The second-order valence-electron chi connectivity index (χ2n) is 4.73. The van der Waals surface area contributed by atoms with Crippen molar-refractivity contribution in [2.75, 3.05) is 11.4 Å². The van der Waals surface area contributed by atoms with E-state index in [0.29, 0.717) is 18.8 Å². The van der Waals surface area contributed by atoms with E-state index in [2.05, 4.69) is 15.2 Å². The molecule has 0 aromatic carbocycles. The first-order valence-electron chi connectivity index (χ1n) is 6.53. The molecule has 0 aliphatic carbocycles. The Hall–Kier alpha value is -2.44. The Morgan fingerprint density at radius 2 is 2.25 bits per heavy atom. The van der Waals surface area contributed by atoms with E-state index in [9.17, 15) is 9.90 Å². The first-order chi connectivity index (χ1) is 9.67. The molecule has 0 amide bonds. The third kappa shape index (κ3) is 2.22. The molecule has 7 nitrogen and oxygen atoms in total. The van der Waals surface area contributed by atoms with Crippen molar-refractivity contribution in [3.05, 3.63) is 35.5 Å². The highest BCUT2D eigenvalue weighted by molar-refractivity contribution is 5.88. The largest absolute Gasteiger partial charge is 0.478 e. The van der Waals surface area contributed by atoms with Crippen LogP contribution >= 0.6 is 0 Å². The van der Waals surface area contributed by atoms with E-state index in [1.165, 1.54) is 0 Å². The highest BCUT2D eigenvalue weighted by Crippen LogP contribution is 2.20. The number of aromatic carboxylic acids is 1. The molecular weight excluding hydrogens is 258 g/mol. The zero-order valence-corrected chi connectivity index (χ0v) is 11.2. The Balaban J connectivity index is 1.94. The second-order valence-corrected chi connectivity index (χ2v) is 4.73. The standard InChI is InChI=1S/C13H15N5O2/c1-2-10-5-9(13(19)20)6-11(15-10)17-3-4-18-8-14-16-12(18)7-17/h5-6,8H,2-4,7H2,1H3,(H,19,20). The first kappa shape index (κ1) is 12.6. The molecule has 2 aromatic rings. The number of pyridine rings is 1. The minimum absolute atomic E-state index is 0.277. The molecule has 1 aliphatic rings. The molecule has 0 atom stereocenters. The summed E-state index contributed by atoms with van der Waals surface area (Å²) in [7, 11) is 0. The fourth-order valence-corrected chi connectivity index (χ4v) is 2.30. The summed E-state index contributed by atoms with van der Waals surface area (Å²) in [4.78, 5) is 17.7. The van der Waals surface area contributed by atoms with Crippen molar-refractivity contribution in [2.45, 2.75) is 26.4 Å². The molecular formula is C13H15N5O2. The van der Waals surface area contributed by atoms with Gasteiger partial charge in [-0.15, -0.1) is 10.2 Å². The minimum Gasteiger partial charge on any atom is -0.478 e. The number of fused-ring (bicyclic) bond motifs is 1. The fraction of sp³-hybridized carbons (Fsp3) is 0.385. The molecule has 0 saturated heterocycles. The van der Waals surface area contributed by atoms with Gasteiger partial charge in [0.15, 0.2) is 5.82 Å². The molecule has 0 bridgehead atoms. The second kappa shape index (κ2) is 4.92. The molecule has 1 aliphatic heterocycles. The van der Waals surface area contributed by atoms with Gasteiger partial charge in [0.1, 0.15) is 12.1 Å². The van der Waals surface area contributed by atoms with E-state index >= 15 is 0 Å². The number of nitrogens with zero attached hydrogens (tertiary/aromatic N) is 5. The van der Waals surface area contributed by atoms with E-state index < -0.39 is 5.97 Å². The number of hydrogen-bond acceptors (Lipinski definition) is 5. The molecule has 0 saturated carbocycles. The lowest BCUT2D eigenvalue weighted by Gasteiger charge is -2.28. The summed E-state index contributed by atoms with van der Waals surface area (Å²) in [6.07, 6.45) is 2.42. The lowest BCUT2D eigenvalue weighted by Crippen LogP contribution is -2.34. The van der Waals surface area contributed by atoms with Gasteiger partial charge in [-0.2, -0.15) is 0 Å². The number of carboxylic acids is 1. The minimum atomic E-state index is -0.927. The van der Waals surface area contributed by atoms with Gasteiger partial charge in [0.2, 0.25) is 0 Å². The van der Waals surface area contributed by atoms with E-state index in [1.54, 1.807) is 18.5 Å². The molecule has 0 radical (unpaired) electrons. The van der Waals surface area contributed by atoms with E-state index in [4.69, 9.17) is 0 Å². The summed E-state index contributed by atoms with van der Waals surface area (Å²) in [5.41, 5.74) is 1.06. The van der Waals surface area contributed by atoms with Crippen LogP contribution in [0.4, 0.5) is 5.82 Å². The average Bonchev–Trinajstić information content (AvgIpc) is 2.94. The molecule has 0 spiro atoms. The van der Waals surface area contributed by atoms with Gasteiger partial charge in [-0.3, -0.25) is 0 Å². The first-order valence-corrected chi connectivity index (χ1v) is 6.53. The number of hydrogen-bond donors (Lipinski definition) is 1. The maximum Gasteiger partial charge on any atom is 0.335 e. The topological polar surface area (TPSA) is 84.1 Å². The normalized spacial score (nSPS) is 14.2. The number of carboxylic acid groups (broad SMARTS) is 1. The monoisotopic (exact) mass is 273 g/mol. The highest BCUT2D eigenvalue weighted by atomic mass is 16.4. The molecule has 104 valence electrons. The van der Waals surface area contributed by atoms with E-state index in [-0.39, 0.29) is 5.56 Å². The summed E-state index contributed by atoms with van der Waals surface area (Å²) < 4.78 is 2.00. The lowest BCUT2D eigenvalue weighted by molar-refractivity contribution is 0.0696. The summed E-state index contributed by atoms with van der Waals surface area (Å²) >= 11 is 0. The summed E-state index contributed by atoms with van der Waals surface area (Å²) in [5.74, 6) is 0.636. The van der Waals surface area contributed by atoms with Crippen LogP contribution in [0.25, 0.3) is 0 Å². The zero-order chi connectivity index (χ0) is 14.1. The van der Waals surface area contributed by atoms with Gasteiger partial charge < -0.3 is 14.6 Å². The number of anilines is 1. The van der Waals surface area contributed by atoms with Gasteiger partial charge in [-0.1, -0.05) is 6.92 Å². The van der Waals surface area contributed by atoms with Crippen molar-refractivity contribution in [1.29, 1.82) is 0 Å². The molecule has 2 aromatic heterocycles. The van der Waals surface area contributed by atoms with Crippen LogP contribution in [0, 0.1) is 0 Å². The van der Waals surface area contributed by atoms with Gasteiger partial charge in [0.25, 0.3) is 0 Å². The van der Waals surface area contributed by atoms with Crippen LogP contribution in [0.1, 0.15) is 28.8 Å². The van der Waals surface area contributed by atoms with Gasteiger partial charge in [0, 0.05) is 18.8 Å². The van der Waals surface area contributed by atoms with Gasteiger partial charge in [-0.05, 0) is 18.6 Å². The van der Waals surface area contributed by atoms with Crippen LogP contribution in [0.2, 0.25) is 0 Å². The number of aromatic nitrogens is 4. The summed E-state index contributed by atoms with van der Waals surface area (Å²) in [5, 5.41) is 17.1. The third-order valence-corrected chi connectivity index (χ3v) is 3.44. The van der Waals surface area contributed by atoms with Gasteiger partial charge in [0.05, 0.1) is 12.1 Å². The van der Waals surface area contributed by atoms with Gasteiger partial charge in [-0.25, -0.2) is 9.78 Å². The molecule has 20 heavy (non-hydrogen) atoms. The molecule has 7 heteroatoms. The van der Waals surface area contributed by atoms with Crippen molar-refractivity contribution < 1.29 is 9.90 Å². The maximum absolute atomic E-state index is 11.2. The zero-order valence-electron chi connectivity index (χ0n) is 11.2. The van der Waals surface area contributed by atoms with Crippen LogP contribution in [-0.4, -0.2) is 37.4 Å². The number of carbonyl (C=O) groups is 1. The Kier molecular flexibility index (Phi) is 3.09. The van der Waals surface area contributed by atoms with Crippen molar-refractivity contribution >= 4 is 11.8 Å². The summed E-state index contributed by atoms with van der Waals surface area (Å²) in [6, 6.07) is 3.24. The molecule has 0 fully saturated rings. The Bertz CT molecular complexity index is 652. The van der Waals surface area contributed by atoms with Crippen LogP contribution in [0.5, 0.6) is 0 Å². The number of aryl methyl sites for hydroxylation is 1. The van der Waals surface area contributed by atoms with Crippen molar-refractivity contribution in [1.82, 2.24) is 19.7 Å². The third-order valence-electron chi connectivity index (χ3n) is 3.44. The number of rotatable bonds is 3. The maximum atomic E-state index is 11.2. The van der Waals surface area contributed by atoms with Crippen LogP contribution in [-0.2, 0) is 19.5 Å². The SMILES string of the molecule is CCc1cc(C(=O)O)cc(N2CCn3cnnc3C2)n1. The highest BCUT2D eigenvalue weighted by Gasteiger charge is 2.20. The van der Waals surface area contributed by atoms with Crippen molar-refractivity contribution in [3.8, 4) is 0 Å². The van der Waals surface area contributed by atoms with Crippen LogP contribution in [0.15, 0.2) is 18.5 Å². The van der Waals surface area contributed by atoms with Crippen LogP contribution < -0.4 is 4.90 Å². The lowest BCUT2D eigenvalue weighted by atomic mass is 10.2. The predicted octanol–water partition coefficient (Wildman–Crippen LogP) is 0.954. The fourth-order valence-electron chi connectivity index (χ4n) is 2.30. The molecule has 0 unspecified atom stereocenters. The smallest absolute Gasteiger partial charge is 0.335 e. The molecule has 1 N–H and O–H groups in total. The summed E-state index contributed by atoms with van der Waals surface area (Å²) in [6.45, 7) is 4.11. The predicted molar refractivity (Wildman–Crippen MR) is 71.6 cm³/mol. The Labute approximate surface area is 115 Å². The average molecular weight is 273 g/mol. The van der Waals surface area contributed by atoms with Crippen molar-refractivity contribution in [3.63, 3.8) is 0 Å². The van der Waals surface area contributed by atoms with Gasteiger partial charge >= 0.3 is 5.97 Å². The van der Waals surface area contributed by atoms with Crippen molar-refractivity contribution in [2.24, 2.45) is 0 Å². The molecule has 3 rings (SSSR count). The van der Waals surface area contributed by atoms with Crippen LogP contribution in [0.3, 0.4) is 0 Å². The Morgan fingerprint density at radius 1 is 1.40 bits per heavy atom. The quantitative estimate of drug-likeness (QED) is 0.896. The molecule has 3 heterocycles.